The molecule has 18 heteroatoms. The Balaban J connectivity index is 0.962. The number of rotatable bonds is 13. The Bertz CT molecular complexity index is 3020. The molecule has 74 heavy (non-hydrogen) atoms. The highest BCUT2D eigenvalue weighted by Crippen LogP contribution is 2.49. The summed E-state index contributed by atoms with van der Waals surface area (Å²) < 4.78 is 38.4. The molecule has 390 valence electrons. The van der Waals surface area contributed by atoms with Crippen LogP contribution in [0.3, 0.4) is 0 Å². The Morgan fingerprint density at radius 2 is 1.20 bits per heavy atom. The van der Waals surface area contributed by atoms with Gasteiger partial charge < -0.3 is 50.0 Å². The number of H-pyrrole nitrogens is 2. The van der Waals surface area contributed by atoms with E-state index in [1.807, 2.05) is 61.2 Å². The van der Waals surface area contributed by atoms with E-state index < -0.39 is 41.8 Å². The molecule has 16 nitrogen and oxygen atoms in total. The molecule has 0 bridgehead atoms. The van der Waals surface area contributed by atoms with Crippen molar-refractivity contribution in [3.8, 4) is 0 Å². The molecule has 4 aliphatic rings. The van der Waals surface area contributed by atoms with Crippen LogP contribution >= 0.6 is 0 Å². The van der Waals surface area contributed by atoms with E-state index in [2.05, 4.69) is 49.8 Å². The molecule has 5 N–H and O–H groups in total. The van der Waals surface area contributed by atoms with Crippen LogP contribution in [0.2, 0.25) is 0 Å². The average Bonchev–Trinajstić information content (AvgIpc) is 4.26. The van der Waals surface area contributed by atoms with Crippen LogP contribution in [0, 0.1) is 23.5 Å². The van der Waals surface area contributed by atoms with Crippen molar-refractivity contribution in [2.24, 2.45) is 11.8 Å². The van der Waals surface area contributed by atoms with E-state index in [0.29, 0.717) is 75.1 Å². The second-order valence-corrected chi connectivity index (χ2v) is 21.0. The van der Waals surface area contributed by atoms with Gasteiger partial charge in [-0.05, 0) is 123 Å². The Hall–Kier alpha value is -7.24. The summed E-state index contributed by atoms with van der Waals surface area (Å²) in [5.41, 5.74) is 6.51. The Morgan fingerprint density at radius 1 is 0.662 bits per heavy atom. The lowest BCUT2D eigenvalue weighted by atomic mass is 9.89. The van der Waals surface area contributed by atoms with E-state index in [9.17, 15) is 24.3 Å². The van der Waals surface area contributed by atoms with Gasteiger partial charge in [0, 0.05) is 37.9 Å². The fraction of sp³-hybridized carbons (Fsp3) is 0.464. The first-order chi connectivity index (χ1) is 35.7. The lowest BCUT2D eigenvalue weighted by molar-refractivity contribution is -0.137. The van der Waals surface area contributed by atoms with E-state index in [-0.39, 0.29) is 47.6 Å². The van der Waals surface area contributed by atoms with Gasteiger partial charge in [0.2, 0.25) is 11.8 Å². The Kier molecular flexibility index (Phi) is 14.2. The highest BCUT2D eigenvalue weighted by atomic mass is 19.1. The maximum absolute atomic E-state index is 16.8. The SMILES string of the molecule is COC(=O)N[C@H](C(=O)N1CCCC1c1nc2ccc(C3CCC(c4ccc5nc([C@@H]6CCCN6C(=O)C(C)[C@H](C)NC(=O)O)[nH]c5c4)N3c3cc(F)c(N4CCC(c5ccccc5)CC4)c(F)c3)cc2[nH]1)C(C)C. The maximum atomic E-state index is 16.8. The number of hydrogen-bond acceptors (Lipinski definition) is 9. The number of carbonyl (C=O) groups excluding carboxylic acids is 3. The lowest BCUT2D eigenvalue weighted by Gasteiger charge is -2.36. The molecule has 10 rings (SSSR count). The topological polar surface area (TPSA) is 192 Å². The third-order valence-corrected chi connectivity index (χ3v) is 16.2. The summed E-state index contributed by atoms with van der Waals surface area (Å²) in [6.45, 7) is 9.30. The minimum atomic E-state index is -1.18. The van der Waals surface area contributed by atoms with Crippen molar-refractivity contribution in [2.75, 3.05) is 43.1 Å². The van der Waals surface area contributed by atoms with Crippen molar-refractivity contribution < 1.29 is 37.8 Å². The van der Waals surface area contributed by atoms with Gasteiger partial charge in [0.15, 0.2) is 11.6 Å². The predicted octanol–water partition coefficient (Wildman–Crippen LogP) is 10.2. The quantitative estimate of drug-likeness (QED) is 0.0744. The van der Waals surface area contributed by atoms with Gasteiger partial charge in [0.25, 0.3) is 0 Å². The third-order valence-electron chi connectivity index (χ3n) is 16.2. The monoisotopic (exact) mass is 1010 g/mol. The molecule has 4 unspecified atom stereocenters. The second kappa shape index (κ2) is 20.9. The zero-order valence-electron chi connectivity index (χ0n) is 42.6. The normalized spacial score (nSPS) is 21.7. The van der Waals surface area contributed by atoms with Crippen molar-refractivity contribution in [2.45, 2.75) is 121 Å². The third kappa shape index (κ3) is 9.82. The molecule has 4 aliphatic heterocycles. The van der Waals surface area contributed by atoms with Gasteiger partial charge in [-0.3, -0.25) is 9.59 Å². The smallest absolute Gasteiger partial charge is 0.407 e. The van der Waals surface area contributed by atoms with Crippen LogP contribution in [-0.4, -0.2) is 104 Å². The number of aromatic nitrogens is 4. The molecule has 4 fully saturated rings. The number of benzene rings is 4. The van der Waals surface area contributed by atoms with Gasteiger partial charge in [-0.25, -0.2) is 28.3 Å². The molecule has 4 saturated heterocycles. The average molecular weight is 1010 g/mol. The first-order valence-electron chi connectivity index (χ1n) is 26.2. The number of likely N-dealkylation sites (tertiary alicyclic amines) is 2. The maximum Gasteiger partial charge on any atom is 0.407 e. The molecule has 2 aromatic heterocycles. The largest absolute Gasteiger partial charge is 0.465 e. The number of amides is 4. The standard InChI is InChI=1S/C56H66F2N10O6/c1-31(2)49(64-56(73)74-5)54(70)67-24-10-14-48(67)52-61-42-18-16-37(28-44(42)63-52)46-20-19-45(68(46)38-29-39(57)50(40(58)30-38)65-25-21-35(22-26-65)34-11-7-6-8-12-34)36-15-17-41-43(27-36)62-51(60-41)47-13-9-23-66(47)53(69)32(3)33(4)59-55(71)72/h6-8,11-12,15-18,27-33,35,45-49,59H,9-10,13-14,19-26H2,1-5H3,(H,60,62)(H,61,63)(H,64,73)(H,71,72)/t32?,33-,45?,46?,47-,48?,49-/m0/s1. The first-order valence-corrected chi connectivity index (χ1v) is 26.2. The number of halogens is 2. The van der Waals surface area contributed by atoms with Crippen molar-refractivity contribution in [1.82, 2.24) is 40.4 Å². The minimum Gasteiger partial charge on any atom is -0.465 e. The highest BCUT2D eigenvalue weighted by Gasteiger charge is 2.41. The molecular formula is C56H66F2N10O6. The number of fused-ring (bicyclic) bond motifs is 2. The zero-order chi connectivity index (χ0) is 51.9. The molecule has 4 amide bonds. The van der Waals surface area contributed by atoms with Crippen LogP contribution in [0.4, 0.5) is 29.7 Å². The van der Waals surface area contributed by atoms with Gasteiger partial charge >= 0.3 is 12.2 Å². The molecular weight excluding hydrogens is 947 g/mol. The van der Waals surface area contributed by atoms with Crippen LogP contribution in [0.5, 0.6) is 0 Å². The molecule has 0 spiro atoms. The number of ether oxygens (including phenoxy) is 1. The van der Waals surface area contributed by atoms with E-state index in [0.717, 1.165) is 58.9 Å². The fourth-order valence-electron chi connectivity index (χ4n) is 12.1. The Morgan fingerprint density at radius 3 is 1.72 bits per heavy atom. The summed E-state index contributed by atoms with van der Waals surface area (Å²) in [6, 6.07) is 22.7. The summed E-state index contributed by atoms with van der Waals surface area (Å²) in [4.78, 5) is 75.8. The van der Waals surface area contributed by atoms with Crippen LogP contribution in [0.25, 0.3) is 22.1 Å². The number of alkyl carbamates (subject to hydrolysis) is 1. The van der Waals surface area contributed by atoms with E-state index in [1.165, 1.54) is 24.8 Å². The van der Waals surface area contributed by atoms with Crippen molar-refractivity contribution in [3.63, 3.8) is 0 Å². The second-order valence-electron chi connectivity index (χ2n) is 21.0. The number of methoxy groups -OCH3 is 1. The molecule has 6 aromatic rings. The van der Waals surface area contributed by atoms with Gasteiger partial charge in [0.05, 0.1) is 59.3 Å². The number of aromatic amines is 2. The number of piperidine rings is 1. The summed E-state index contributed by atoms with van der Waals surface area (Å²) in [5.74, 6) is -0.700. The van der Waals surface area contributed by atoms with Crippen molar-refractivity contribution in [3.05, 3.63) is 119 Å². The van der Waals surface area contributed by atoms with Crippen molar-refractivity contribution >= 4 is 57.4 Å². The first kappa shape index (κ1) is 50.3. The molecule has 0 aliphatic carbocycles. The van der Waals surface area contributed by atoms with E-state index in [4.69, 9.17) is 14.7 Å². The summed E-state index contributed by atoms with van der Waals surface area (Å²) >= 11 is 0. The summed E-state index contributed by atoms with van der Waals surface area (Å²) in [7, 11) is 1.27. The molecule has 6 heterocycles. The molecule has 0 radical (unpaired) electrons. The molecule has 7 atom stereocenters. The summed E-state index contributed by atoms with van der Waals surface area (Å²) in [5, 5.41) is 14.4. The predicted molar refractivity (Wildman–Crippen MR) is 278 cm³/mol. The van der Waals surface area contributed by atoms with Gasteiger partial charge in [0.1, 0.15) is 23.4 Å². The van der Waals surface area contributed by atoms with Crippen LogP contribution < -0.4 is 20.4 Å². The molecule has 4 aromatic carbocycles. The number of carbonyl (C=O) groups is 4. The number of nitrogens with one attached hydrogen (secondary N) is 4. The fourth-order valence-corrected chi connectivity index (χ4v) is 12.1. The number of imidazole rings is 2. The van der Waals surface area contributed by atoms with Crippen molar-refractivity contribution in [1.29, 1.82) is 0 Å². The number of hydrogen-bond donors (Lipinski definition) is 5. The summed E-state index contributed by atoms with van der Waals surface area (Å²) in [6.07, 6.45) is 4.02. The van der Waals surface area contributed by atoms with Gasteiger partial charge in [-0.2, -0.15) is 0 Å². The van der Waals surface area contributed by atoms with Crippen LogP contribution in [-0.2, 0) is 14.3 Å². The Labute approximate surface area is 429 Å². The van der Waals surface area contributed by atoms with Gasteiger partial charge in [-0.15, -0.1) is 0 Å². The number of nitrogens with zero attached hydrogens (tertiary/aromatic N) is 6. The van der Waals surface area contributed by atoms with Crippen LogP contribution in [0.15, 0.2) is 78.9 Å². The van der Waals surface area contributed by atoms with E-state index in [1.54, 1.807) is 23.6 Å². The lowest BCUT2D eigenvalue weighted by Crippen LogP contribution is -2.51. The zero-order valence-corrected chi connectivity index (χ0v) is 42.6. The molecule has 0 saturated carbocycles. The van der Waals surface area contributed by atoms with Crippen LogP contribution in [0.1, 0.15) is 137 Å². The highest BCUT2D eigenvalue weighted by molar-refractivity contribution is 5.87. The number of anilines is 2. The minimum absolute atomic E-state index is 0.00737. The number of carboxylic acid groups (broad SMARTS) is 1. The van der Waals surface area contributed by atoms with E-state index >= 15 is 8.78 Å². The van der Waals surface area contributed by atoms with Gasteiger partial charge in [-0.1, -0.05) is 63.2 Å².